The quantitative estimate of drug-likeness (QED) is 0.819. The zero-order chi connectivity index (χ0) is 15.0. The predicted molar refractivity (Wildman–Crippen MR) is 69.9 cm³/mol. The summed E-state index contributed by atoms with van der Waals surface area (Å²) < 4.78 is 9.03. The summed E-state index contributed by atoms with van der Waals surface area (Å²) in [6, 6.07) is 1.80. The van der Waals surface area contributed by atoms with Gasteiger partial charge < -0.3 is 9.84 Å². The fourth-order valence-electron chi connectivity index (χ4n) is 2.52. The lowest BCUT2D eigenvalue weighted by Gasteiger charge is -2.21. The van der Waals surface area contributed by atoms with Crippen LogP contribution in [0.3, 0.4) is 0 Å². The minimum absolute atomic E-state index is 0.249. The summed E-state index contributed by atoms with van der Waals surface area (Å²) in [5.41, 5.74) is 0.340. The summed E-state index contributed by atoms with van der Waals surface area (Å²) in [5, 5.41) is 17.2. The molecule has 1 atom stereocenters. The van der Waals surface area contributed by atoms with Crippen LogP contribution < -0.4 is 5.69 Å². The van der Waals surface area contributed by atoms with E-state index in [1.165, 1.54) is 9.25 Å². The molecule has 1 aliphatic heterocycles. The Labute approximate surface area is 119 Å². The first kappa shape index (κ1) is 13.4. The molecule has 9 heteroatoms. The summed E-state index contributed by atoms with van der Waals surface area (Å²) in [6.07, 6.45) is 1.44. The summed E-state index contributed by atoms with van der Waals surface area (Å²) in [6.45, 7) is 0.249. The highest BCUT2D eigenvalue weighted by atomic mass is 16.7. The van der Waals surface area contributed by atoms with Crippen LogP contribution in [0.4, 0.5) is 4.79 Å². The Kier molecular flexibility index (Phi) is 3.24. The van der Waals surface area contributed by atoms with Crippen molar-refractivity contribution in [1.82, 2.24) is 24.1 Å². The molecule has 0 aliphatic carbocycles. The van der Waals surface area contributed by atoms with Crippen molar-refractivity contribution in [3.05, 3.63) is 34.3 Å². The molecule has 2 aromatic rings. The number of rotatable bonds is 3. The van der Waals surface area contributed by atoms with Crippen molar-refractivity contribution < 1.29 is 14.6 Å². The minimum Gasteiger partial charge on any atom is -0.450 e. The highest BCUT2D eigenvalue weighted by Gasteiger charge is 2.28. The van der Waals surface area contributed by atoms with Crippen molar-refractivity contribution in [2.75, 3.05) is 0 Å². The molecule has 1 aliphatic rings. The van der Waals surface area contributed by atoms with Gasteiger partial charge in [-0.2, -0.15) is 10.2 Å². The number of ether oxygens (including phenoxy) is 1. The van der Waals surface area contributed by atoms with Crippen molar-refractivity contribution in [3.63, 3.8) is 0 Å². The lowest BCUT2D eigenvalue weighted by Crippen LogP contribution is -2.33. The van der Waals surface area contributed by atoms with E-state index in [1.807, 2.05) is 0 Å². The van der Waals surface area contributed by atoms with Crippen molar-refractivity contribution in [2.45, 2.75) is 32.0 Å². The number of nitrogens with zero attached hydrogens (tertiary/aromatic N) is 5. The molecule has 0 spiro atoms. The molecule has 0 fully saturated rings. The fraction of sp³-hybridized carbons (Fsp3) is 0.500. The number of aromatic nitrogens is 5. The zero-order valence-electron chi connectivity index (χ0n) is 11.5. The molecular weight excluding hydrogens is 278 g/mol. The van der Waals surface area contributed by atoms with E-state index in [0.29, 0.717) is 24.4 Å². The first-order chi connectivity index (χ1) is 10.0. The molecule has 3 heterocycles. The Hall–Kier alpha value is -2.58. The van der Waals surface area contributed by atoms with Crippen molar-refractivity contribution in [3.8, 4) is 0 Å². The smallest absolute Gasteiger partial charge is 0.450 e. The third-order valence-electron chi connectivity index (χ3n) is 3.40. The number of fused-ring (bicyclic) bond motifs is 1. The lowest BCUT2D eigenvalue weighted by atomic mass is 10.1. The maximum atomic E-state index is 12.4. The van der Waals surface area contributed by atoms with Crippen LogP contribution in [0, 0.1) is 0 Å². The Morgan fingerprint density at radius 3 is 3.00 bits per heavy atom. The third-order valence-corrected chi connectivity index (χ3v) is 3.40. The van der Waals surface area contributed by atoms with Crippen molar-refractivity contribution in [2.24, 2.45) is 7.05 Å². The van der Waals surface area contributed by atoms with Crippen LogP contribution in [0.15, 0.2) is 17.1 Å². The van der Waals surface area contributed by atoms with Gasteiger partial charge in [0.1, 0.15) is 5.82 Å². The van der Waals surface area contributed by atoms with Crippen LogP contribution in [0.1, 0.15) is 30.6 Å². The second-order valence-electron chi connectivity index (χ2n) is 4.94. The molecule has 1 unspecified atom stereocenters. The van der Waals surface area contributed by atoms with Gasteiger partial charge in [-0.05, 0) is 12.5 Å². The van der Waals surface area contributed by atoms with Gasteiger partial charge in [-0.25, -0.2) is 18.8 Å². The number of carboxylic acid groups (broad SMARTS) is 1. The van der Waals surface area contributed by atoms with Gasteiger partial charge >= 0.3 is 11.8 Å². The molecule has 0 radical (unpaired) electrons. The number of aryl methyl sites for hydroxylation is 2. The molecule has 1 N–H and O–H groups in total. The average Bonchev–Trinajstić information content (AvgIpc) is 2.95. The normalized spacial score (nSPS) is 17.5. The van der Waals surface area contributed by atoms with E-state index < -0.39 is 12.4 Å². The van der Waals surface area contributed by atoms with E-state index in [1.54, 1.807) is 24.0 Å². The Morgan fingerprint density at radius 1 is 1.52 bits per heavy atom. The number of carbonyl (C=O) groups is 1. The standard InChI is InChI=1S/C12H15N5O4/c1-15-6-5-8(13-15)7-16-11(18)17-9(14-16)3-2-4-10(17)21-12(19)20/h5-6,10H,2-4,7H2,1H3,(H,19,20). The van der Waals surface area contributed by atoms with E-state index in [2.05, 4.69) is 10.2 Å². The summed E-state index contributed by atoms with van der Waals surface area (Å²) in [5.74, 6) is 0.549. The highest BCUT2D eigenvalue weighted by Crippen LogP contribution is 2.22. The van der Waals surface area contributed by atoms with Gasteiger partial charge in [0.15, 0.2) is 6.23 Å². The maximum absolute atomic E-state index is 12.4. The first-order valence-electron chi connectivity index (χ1n) is 6.61. The molecule has 3 rings (SSSR count). The summed E-state index contributed by atoms with van der Waals surface area (Å²) in [4.78, 5) is 23.1. The van der Waals surface area contributed by atoms with E-state index in [0.717, 1.165) is 6.42 Å². The summed E-state index contributed by atoms with van der Waals surface area (Å²) >= 11 is 0. The van der Waals surface area contributed by atoms with Crippen LogP contribution in [0.5, 0.6) is 0 Å². The maximum Gasteiger partial charge on any atom is 0.507 e. The van der Waals surface area contributed by atoms with Gasteiger partial charge in [0.05, 0.1) is 12.2 Å². The second-order valence-corrected chi connectivity index (χ2v) is 4.94. The molecule has 2 aromatic heterocycles. The molecule has 0 bridgehead atoms. The van der Waals surface area contributed by atoms with Gasteiger partial charge in [-0.3, -0.25) is 4.68 Å². The van der Waals surface area contributed by atoms with Gasteiger partial charge in [0, 0.05) is 26.1 Å². The lowest BCUT2D eigenvalue weighted by molar-refractivity contribution is 0.00392. The molecule has 112 valence electrons. The fourth-order valence-corrected chi connectivity index (χ4v) is 2.52. The molecule has 0 saturated heterocycles. The molecule has 0 saturated carbocycles. The van der Waals surface area contributed by atoms with E-state index in [9.17, 15) is 9.59 Å². The average molecular weight is 293 g/mol. The second kappa shape index (κ2) is 5.08. The molecule has 9 nitrogen and oxygen atoms in total. The molecule has 21 heavy (non-hydrogen) atoms. The van der Waals surface area contributed by atoms with Crippen molar-refractivity contribution in [1.29, 1.82) is 0 Å². The van der Waals surface area contributed by atoms with Crippen LogP contribution in [-0.4, -0.2) is 35.4 Å². The van der Waals surface area contributed by atoms with Gasteiger partial charge in [-0.15, -0.1) is 0 Å². The molecular formula is C12H15N5O4. The monoisotopic (exact) mass is 293 g/mol. The van der Waals surface area contributed by atoms with E-state index in [-0.39, 0.29) is 12.2 Å². The Morgan fingerprint density at radius 2 is 2.33 bits per heavy atom. The van der Waals surface area contributed by atoms with Gasteiger partial charge in [0.25, 0.3) is 0 Å². The van der Waals surface area contributed by atoms with Crippen LogP contribution >= 0.6 is 0 Å². The Balaban J connectivity index is 1.92. The van der Waals surface area contributed by atoms with E-state index >= 15 is 0 Å². The van der Waals surface area contributed by atoms with Gasteiger partial charge in [0.2, 0.25) is 0 Å². The van der Waals surface area contributed by atoms with Crippen LogP contribution in [0.25, 0.3) is 0 Å². The third kappa shape index (κ3) is 2.54. The number of hydrogen-bond donors (Lipinski definition) is 1. The Bertz CT molecular complexity index is 728. The first-order valence-corrected chi connectivity index (χ1v) is 6.61. The molecule has 0 aromatic carbocycles. The minimum atomic E-state index is -1.39. The SMILES string of the molecule is Cn1ccc(Cn2nc3n(c2=O)C(OC(=O)O)CCC3)n1. The van der Waals surface area contributed by atoms with Gasteiger partial charge in [-0.1, -0.05) is 0 Å². The van der Waals surface area contributed by atoms with Crippen LogP contribution in [-0.2, 0) is 24.8 Å². The molecule has 0 amide bonds. The highest BCUT2D eigenvalue weighted by molar-refractivity contribution is 5.56. The predicted octanol–water partition coefficient (Wildman–Crippen LogP) is 0.356. The summed E-state index contributed by atoms with van der Waals surface area (Å²) in [7, 11) is 1.79. The number of hydrogen-bond acceptors (Lipinski definition) is 5. The van der Waals surface area contributed by atoms with E-state index in [4.69, 9.17) is 9.84 Å². The van der Waals surface area contributed by atoms with Crippen LogP contribution in [0.2, 0.25) is 0 Å². The largest absolute Gasteiger partial charge is 0.507 e. The zero-order valence-corrected chi connectivity index (χ0v) is 11.5. The van der Waals surface area contributed by atoms with Crippen molar-refractivity contribution >= 4 is 6.16 Å². The topological polar surface area (TPSA) is 104 Å².